The zero-order valence-corrected chi connectivity index (χ0v) is 12.9. The molecule has 2 rings (SSSR count). The number of aryl methyl sites for hydroxylation is 1. The molecule has 2 aromatic carbocycles. The van der Waals surface area contributed by atoms with Gasteiger partial charge in [-0.25, -0.2) is 8.78 Å². The summed E-state index contributed by atoms with van der Waals surface area (Å²) in [7, 11) is 1.59. The number of nitrogens with zero attached hydrogens (tertiary/aromatic N) is 1. The van der Waals surface area contributed by atoms with Crippen LogP contribution in [-0.2, 0) is 6.42 Å². The first-order valence-corrected chi connectivity index (χ1v) is 7.23. The van der Waals surface area contributed by atoms with E-state index in [1.807, 2.05) is 18.2 Å². The predicted molar refractivity (Wildman–Crippen MR) is 87.8 cm³/mol. The van der Waals surface area contributed by atoms with Crippen LogP contribution in [0.25, 0.3) is 0 Å². The standard InChI is InChI=1S/C17H19F2N3O/c1-23-16-6-2-5-15(11-16)22-17(20)21-7-3-4-12-8-13(18)10-14(19)9-12/h2,5-6,8-11H,3-4,7H2,1H3,(H3,20,21,22). The first kappa shape index (κ1) is 16.7. The zero-order valence-electron chi connectivity index (χ0n) is 12.9. The predicted octanol–water partition coefficient (Wildman–Crippen LogP) is 3.33. The number of ether oxygens (including phenoxy) is 1. The van der Waals surface area contributed by atoms with Crippen molar-refractivity contribution in [1.29, 1.82) is 0 Å². The van der Waals surface area contributed by atoms with E-state index in [4.69, 9.17) is 10.5 Å². The summed E-state index contributed by atoms with van der Waals surface area (Å²) >= 11 is 0. The Labute approximate surface area is 134 Å². The molecule has 0 atom stereocenters. The van der Waals surface area contributed by atoms with Crippen molar-refractivity contribution in [3.63, 3.8) is 0 Å². The molecule has 0 spiro atoms. The van der Waals surface area contributed by atoms with Crippen LogP contribution < -0.4 is 15.8 Å². The van der Waals surface area contributed by atoms with Gasteiger partial charge in [-0.1, -0.05) is 6.07 Å². The van der Waals surface area contributed by atoms with Gasteiger partial charge < -0.3 is 15.8 Å². The number of nitrogens with one attached hydrogen (secondary N) is 1. The summed E-state index contributed by atoms with van der Waals surface area (Å²) in [5.41, 5.74) is 7.19. The van der Waals surface area contributed by atoms with Crippen LogP contribution in [0.15, 0.2) is 47.5 Å². The van der Waals surface area contributed by atoms with Crippen LogP contribution in [0, 0.1) is 11.6 Å². The molecule has 0 unspecified atom stereocenters. The summed E-state index contributed by atoms with van der Waals surface area (Å²) in [6.45, 7) is 0.459. The lowest BCUT2D eigenvalue weighted by Crippen LogP contribution is -2.22. The fourth-order valence-electron chi connectivity index (χ4n) is 2.13. The van der Waals surface area contributed by atoms with Crippen molar-refractivity contribution >= 4 is 11.6 Å². The molecule has 122 valence electrons. The molecule has 4 nitrogen and oxygen atoms in total. The minimum Gasteiger partial charge on any atom is -0.497 e. The van der Waals surface area contributed by atoms with Crippen molar-refractivity contribution in [2.24, 2.45) is 10.7 Å². The van der Waals surface area contributed by atoms with Crippen LogP contribution in [0.3, 0.4) is 0 Å². The summed E-state index contributed by atoms with van der Waals surface area (Å²) in [6.07, 6.45) is 1.17. The molecule has 0 saturated carbocycles. The molecule has 2 aromatic rings. The third-order valence-electron chi connectivity index (χ3n) is 3.17. The zero-order chi connectivity index (χ0) is 16.7. The van der Waals surface area contributed by atoms with E-state index in [2.05, 4.69) is 10.3 Å². The molecule has 0 aromatic heterocycles. The van der Waals surface area contributed by atoms with Gasteiger partial charge in [-0.05, 0) is 42.7 Å². The number of rotatable bonds is 6. The number of hydrogen-bond donors (Lipinski definition) is 2. The fourth-order valence-corrected chi connectivity index (χ4v) is 2.13. The minimum absolute atomic E-state index is 0.281. The molecule has 0 aliphatic heterocycles. The molecule has 0 heterocycles. The highest BCUT2D eigenvalue weighted by Crippen LogP contribution is 2.16. The molecule has 3 N–H and O–H groups in total. The van der Waals surface area contributed by atoms with Gasteiger partial charge in [0, 0.05) is 24.4 Å². The van der Waals surface area contributed by atoms with Crippen molar-refractivity contribution in [1.82, 2.24) is 0 Å². The quantitative estimate of drug-likeness (QED) is 0.488. The summed E-state index contributed by atoms with van der Waals surface area (Å²) in [6, 6.07) is 10.8. The Morgan fingerprint density at radius 2 is 1.91 bits per heavy atom. The summed E-state index contributed by atoms with van der Waals surface area (Å²) < 4.78 is 31.2. The van der Waals surface area contributed by atoms with E-state index in [9.17, 15) is 8.78 Å². The van der Waals surface area contributed by atoms with Gasteiger partial charge in [0.1, 0.15) is 17.4 Å². The second-order valence-corrected chi connectivity index (χ2v) is 5.01. The van der Waals surface area contributed by atoms with Gasteiger partial charge in [0.2, 0.25) is 0 Å². The normalized spacial score (nSPS) is 11.3. The van der Waals surface area contributed by atoms with Gasteiger partial charge in [-0.15, -0.1) is 0 Å². The maximum absolute atomic E-state index is 13.1. The fraction of sp³-hybridized carbons (Fsp3) is 0.235. The van der Waals surface area contributed by atoms with Gasteiger partial charge in [0.25, 0.3) is 0 Å². The molecule has 0 saturated heterocycles. The third kappa shape index (κ3) is 5.58. The van der Waals surface area contributed by atoms with Crippen LogP contribution in [-0.4, -0.2) is 19.6 Å². The highest BCUT2D eigenvalue weighted by molar-refractivity contribution is 5.92. The number of benzene rings is 2. The van der Waals surface area contributed by atoms with Gasteiger partial charge >= 0.3 is 0 Å². The summed E-state index contributed by atoms with van der Waals surface area (Å²) in [5.74, 6) is -0.134. The molecular formula is C17H19F2N3O. The van der Waals surface area contributed by atoms with E-state index in [1.165, 1.54) is 12.1 Å². The van der Waals surface area contributed by atoms with E-state index >= 15 is 0 Å². The molecule has 0 radical (unpaired) electrons. The van der Waals surface area contributed by atoms with Crippen molar-refractivity contribution in [3.8, 4) is 5.75 Å². The highest BCUT2D eigenvalue weighted by Gasteiger charge is 2.01. The lowest BCUT2D eigenvalue weighted by atomic mass is 10.1. The monoisotopic (exact) mass is 319 g/mol. The first-order chi connectivity index (χ1) is 11.1. The smallest absolute Gasteiger partial charge is 0.193 e. The molecule has 6 heteroatoms. The summed E-state index contributed by atoms with van der Waals surface area (Å²) in [5, 5.41) is 2.96. The third-order valence-corrected chi connectivity index (χ3v) is 3.17. The van der Waals surface area contributed by atoms with Crippen molar-refractivity contribution < 1.29 is 13.5 Å². The maximum Gasteiger partial charge on any atom is 0.193 e. The average molecular weight is 319 g/mol. The van der Waals surface area contributed by atoms with E-state index in [0.29, 0.717) is 24.9 Å². The SMILES string of the molecule is COc1cccc(NC(N)=NCCCc2cc(F)cc(F)c2)c1. The van der Waals surface area contributed by atoms with Crippen LogP contribution in [0.5, 0.6) is 5.75 Å². The lowest BCUT2D eigenvalue weighted by Gasteiger charge is -2.07. The number of aliphatic imine (C=N–C) groups is 1. The number of anilines is 1. The molecular weight excluding hydrogens is 300 g/mol. The Morgan fingerprint density at radius 1 is 1.17 bits per heavy atom. The Bertz CT molecular complexity index is 669. The average Bonchev–Trinajstić information content (AvgIpc) is 2.51. The van der Waals surface area contributed by atoms with Gasteiger partial charge in [0.05, 0.1) is 7.11 Å². The first-order valence-electron chi connectivity index (χ1n) is 7.23. The number of methoxy groups -OCH3 is 1. The number of hydrogen-bond acceptors (Lipinski definition) is 2. The molecule has 23 heavy (non-hydrogen) atoms. The van der Waals surface area contributed by atoms with Gasteiger partial charge in [0.15, 0.2) is 5.96 Å². The van der Waals surface area contributed by atoms with Gasteiger partial charge in [-0.2, -0.15) is 0 Å². The Kier molecular flexibility index (Phi) is 5.91. The topological polar surface area (TPSA) is 59.6 Å². The van der Waals surface area contributed by atoms with Crippen LogP contribution in [0.2, 0.25) is 0 Å². The van der Waals surface area contributed by atoms with E-state index < -0.39 is 11.6 Å². The molecule has 0 aliphatic rings. The summed E-state index contributed by atoms with van der Waals surface area (Å²) in [4.78, 5) is 4.19. The van der Waals surface area contributed by atoms with Crippen molar-refractivity contribution in [3.05, 3.63) is 59.7 Å². The molecule has 0 aliphatic carbocycles. The second-order valence-electron chi connectivity index (χ2n) is 5.01. The maximum atomic E-state index is 13.1. The number of halogens is 2. The molecule has 0 amide bonds. The van der Waals surface area contributed by atoms with E-state index in [1.54, 1.807) is 13.2 Å². The largest absolute Gasteiger partial charge is 0.497 e. The van der Waals surface area contributed by atoms with E-state index in [-0.39, 0.29) is 5.96 Å². The van der Waals surface area contributed by atoms with Crippen LogP contribution in [0.1, 0.15) is 12.0 Å². The van der Waals surface area contributed by atoms with Crippen molar-refractivity contribution in [2.45, 2.75) is 12.8 Å². The highest BCUT2D eigenvalue weighted by atomic mass is 19.1. The van der Waals surface area contributed by atoms with Gasteiger partial charge in [-0.3, -0.25) is 4.99 Å². The second kappa shape index (κ2) is 8.12. The number of guanidine groups is 1. The Balaban J connectivity index is 1.82. The van der Waals surface area contributed by atoms with Crippen LogP contribution >= 0.6 is 0 Å². The lowest BCUT2D eigenvalue weighted by molar-refractivity contribution is 0.415. The van der Waals surface area contributed by atoms with E-state index in [0.717, 1.165) is 17.5 Å². The number of nitrogens with two attached hydrogens (primary N) is 1. The Hall–Kier alpha value is -2.63. The Morgan fingerprint density at radius 3 is 2.61 bits per heavy atom. The minimum atomic E-state index is -0.567. The van der Waals surface area contributed by atoms with Crippen molar-refractivity contribution in [2.75, 3.05) is 19.0 Å². The van der Waals surface area contributed by atoms with Crippen LogP contribution in [0.4, 0.5) is 14.5 Å². The molecule has 0 fully saturated rings. The molecule has 0 bridgehead atoms.